The summed E-state index contributed by atoms with van der Waals surface area (Å²) in [5, 5.41) is 15.1. The third-order valence-corrected chi connectivity index (χ3v) is 9.25. The molecular formula is C25H45N3O2. The lowest BCUT2D eigenvalue weighted by Crippen LogP contribution is -2.54. The van der Waals surface area contributed by atoms with E-state index in [1.165, 1.54) is 25.9 Å². The molecule has 30 heavy (non-hydrogen) atoms. The van der Waals surface area contributed by atoms with Gasteiger partial charge < -0.3 is 20.2 Å². The first-order chi connectivity index (χ1) is 14.1. The SMILES string of the molecule is CN1CCC(N[C@H]2CC(C)(C)[C@@H]3C[C@@](C)(O)CC[C@]23CCC(=O)N2CCCC2)CC1. The Labute approximate surface area is 183 Å². The largest absolute Gasteiger partial charge is 0.390 e. The number of amides is 1. The van der Waals surface area contributed by atoms with E-state index in [-0.39, 0.29) is 10.8 Å². The first kappa shape index (κ1) is 22.5. The van der Waals surface area contributed by atoms with Gasteiger partial charge in [0.2, 0.25) is 5.91 Å². The molecule has 2 heterocycles. The first-order valence-electron chi connectivity index (χ1n) is 12.6. The van der Waals surface area contributed by atoms with E-state index in [0.29, 0.717) is 30.3 Å². The zero-order valence-corrected chi connectivity index (χ0v) is 19.9. The number of rotatable bonds is 5. The average molecular weight is 420 g/mol. The number of likely N-dealkylation sites (tertiary alicyclic amines) is 2. The van der Waals surface area contributed by atoms with E-state index in [0.717, 1.165) is 58.0 Å². The number of hydrogen-bond donors (Lipinski definition) is 2. The second kappa shape index (κ2) is 8.37. The second-order valence-corrected chi connectivity index (χ2v) is 12.1. The third kappa shape index (κ3) is 4.45. The lowest BCUT2D eigenvalue weighted by atomic mass is 9.57. The summed E-state index contributed by atoms with van der Waals surface area (Å²) in [6.07, 6.45) is 10.4. The van der Waals surface area contributed by atoms with Gasteiger partial charge in [-0.2, -0.15) is 0 Å². The van der Waals surface area contributed by atoms with Gasteiger partial charge in [-0.3, -0.25) is 4.79 Å². The van der Waals surface area contributed by atoms with Gasteiger partial charge in [-0.25, -0.2) is 0 Å². The summed E-state index contributed by atoms with van der Waals surface area (Å²) in [5.41, 5.74) is -0.221. The van der Waals surface area contributed by atoms with Gasteiger partial charge >= 0.3 is 0 Å². The molecule has 1 amide bonds. The highest BCUT2D eigenvalue weighted by Gasteiger charge is 2.61. The van der Waals surface area contributed by atoms with Crippen LogP contribution in [0.1, 0.15) is 85.0 Å². The molecule has 4 atom stereocenters. The fraction of sp³-hybridized carbons (Fsp3) is 0.960. The Kier molecular flexibility index (Phi) is 6.29. The van der Waals surface area contributed by atoms with Gasteiger partial charge in [-0.15, -0.1) is 0 Å². The molecule has 4 aliphatic rings. The number of nitrogens with one attached hydrogen (secondary N) is 1. The quantitative estimate of drug-likeness (QED) is 0.717. The van der Waals surface area contributed by atoms with Gasteiger partial charge in [0.25, 0.3) is 0 Å². The number of aliphatic hydroxyl groups is 1. The van der Waals surface area contributed by atoms with Crippen molar-refractivity contribution in [2.45, 2.75) is 103 Å². The standard InChI is InChI=1S/C25H45N3O2/c1-23(2)18-21(26-19-8-15-27(4)16-9-19)25(12-11-24(3,30)17-20(23)25)10-7-22(29)28-13-5-6-14-28/h19-21,26,30H,5-18H2,1-4H3/t20-,21-,24-,25-/m0/s1. The zero-order chi connectivity index (χ0) is 21.6. The Balaban J connectivity index is 1.53. The van der Waals surface area contributed by atoms with Crippen LogP contribution in [0.5, 0.6) is 0 Å². The van der Waals surface area contributed by atoms with Crippen molar-refractivity contribution >= 4 is 5.91 Å². The van der Waals surface area contributed by atoms with E-state index in [9.17, 15) is 9.90 Å². The van der Waals surface area contributed by atoms with Gasteiger partial charge in [-0.1, -0.05) is 13.8 Å². The highest BCUT2D eigenvalue weighted by atomic mass is 16.3. The Morgan fingerprint density at radius 2 is 1.70 bits per heavy atom. The monoisotopic (exact) mass is 419 g/mol. The molecule has 0 bridgehead atoms. The average Bonchev–Trinajstić information content (AvgIpc) is 3.28. The summed E-state index contributed by atoms with van der Waals surface area (Å²) in [5.74, 6) is 0.838. The molecule has 4 fully saturated rings. The predicted octanol–water partition coefficient (Wildman–Crippen LogP) is 3.41. The van der Waals surface area contributed by atoms with Crippen molar-refractivity contribution in [1.29, 1.82) is 0 Å². The predicted molar refractivity (Wildman–Crippen MR) is 121 cm³/mol. The van der Waals surface area contributed by atoms with Crippen LogP contribution in [0.25, 0.3) is 0 Å². The number of carbonyl (C=O) groups excluding carboxylic acids is 1. The number of fused-ring (bicyclic) bond motifs is 1. The van der Waals surface area contributed by atoms with E-state index in [4.69, 9.17) is 0 Å². The maximum absolute atomic E-state index is 12.9. The smallest absolute Gasteiger partial charge is 0.222 e. The molecule has 0 aromatic heterocycles. The van der Waals surface area contributed by atoms with Crippen molar-refractivity contribution in [1.82, 2.24) is 15.1 Å². The summed E-state index contributed by atoms with van der Waals surface area (Å²) in [7, 11) is 2.22. The molecule has 172 valence electrons. The molecule has 5 heteroatoms. The minimum atomic E-state index is -0.563. The maximum Gasteiger partial charge on any atom is 0.222 e. The van der Waals surface area contributed by atoms with E-state index in [1.54, 1.807) is 0 Å². The van der Waals surface area contributed by atoms with Crippen LogP contribution in [0.3, 0.4) is 0 Å². The van der Waals surface area contributed by atoms with Crippen molar-refractivity contribution in [2.24, 2.45) is 16.7 Å². The van der Waals surface area contributed by atoms with Crippen LogP contribution in [0.15, 0.2) is 0 Å². The Morgan fingerprint density at radius 3 is 2.37 bits per heavy atom. The number of nitrogens with zero attached hydrogens (tertiary/aromatic N) is 2. The molecule has 2 saturated carbocycles. The number of hydrogen-bond acceptors (Lipinski definition) is 4. The molecular weight excluding hydrogens is 374 g/mol. The summed E-state index contributed by atoms with van der Waals surface area (Å²) in [6, 6.07) is 1.06. The van der Waals surface area contributed by atoms with Gasteiger partial charge in [0.15, 0.2) is 0 Å². The van der Waals surface area contributed by atoms with Gasteiger partial charge in [-0.05, 0) is 102 Å². The van der Waals surface area contributed by atoms with Crippen LogP contribution in [0, 0.1) is 16.7 Å². The fourth-order valence-electron chi connectivity index (χ4n) is 7.39. The Morgan fingerprint density at radius 1 is 1.03 bits per heavy atom. The van der Waals surface area contributed by atoms with Crippen molar-refractivity contribution in [3.63, 3.8) is 0 Å². The topological polar surface area (TPSA) is 55.8 Å². The first-order valence-corrected chi connectivity index (χ1v) is 12.6. The highest BCUT2D eigenvalue weighted by Crippen LogP contribution is 2.64. The molecule has 0 radical (unpaired) electrons. The summed E-state index contributed by atoms with van der Waals surface area (Å²) < 4.78 is 0. The molecule has 2 aliphatic carbocycles. The molecule has 0 aromatic rings. The van der Waals surface area contributed by atoms with Gasteiger partial charge in [0.1, 0.15) is 0 Å². The minimum Gasteiger partial charge on any atom is -0.390 e. The van der Waals surface area contributed by atoms with Crippen LogP contribution in [0.2, 0.25) is 0 Å². The van der Waals surface area contributed by atoms with Crippen LogP contribution in [0.4, 0.5) is 0 Å². The molecule has 0 unspecified atom stereocenters. The van der Waals surface area contributed by atoms with Crippen LogP contribution >= 0.6 is 0 Å². The van der Waals surface area contributed by atoms with E-state index < -0.39 is 5.60 Å². The fourth-order valence-corrected chi connectivity index (χ4v) is 7.39. The van der Waals surface area contributed by atoms with Gasteiger partial charge in [0.05, 0.1) is 5.60 Å². The van der Waals surface area contributed by atoms with Gasteiger partial charge in [0, 0.05) is 31.6 Å². The lowest BCUT2D eigenvalue weighted by Gasteiger charge is -2.51. The molecule has 2 saturated heterocycles. The van der Waals surface area contributed by atoms with Crippen molar-refractivity contribution in [3.05, 3.63) is 0 Å². The van der Waals surface area contributed by atoms with Crippen LogP contribution < -0.4 is 5.32 Å². The molecule has 2 N–H and O–H groups in total. The molecule has 4 rings (SSSR count). The molecule has 5 nitrogen and oxygen atoms in total. The minimum absolute atomic E-state index is 0.143. The lowest BCUT2D eigenvalue weighted by molar-refractivity contribution is -0.132. The Bertz CT molecular complexity index is 620. The van der Waals surface area contributed by atoms with Crippen molar-refractivity contribution in [3.8, 4) is 0 Å². The molecule has 0 aromatic carbocycles. The van der Waals surface area contributed by atoms with Crippen LogP contribution in [-0.4, -0.2) is 71.7 Å². The summed E-state index contributed by atoms with van der Waals surface area (Å²) >= 11 is 0. The summed E-state index contributed by atoms with van der Waals surface area (Å²) in [4.78, 5) is 17.5. The third-order valence-electron chi connectivity index (χ3n) is 9.25. The summed E-state index contributed by atoms with van der Waals surface area (Å²) in [6.45, 7) is 11.1. The number of piperidine rings is 1. The second-order valence-electron chi connectivity index (χ2n) is 12.1. The highest BCUT2D eigenvalue weighted by molar-refractivity contribution is 5.76. The van der Waals surface area contributed by atoms with Crippen molar-refractivity contribution < 1.29 is 9.90 Å². The molecule has 0 spiro atoms. The number of carbonyl (C=O) groups is 1. The van der Waals surface area contributed by atoms with Crippen molar-refractivity contribution in [2.75, 3.05) is 33.2 Å². The van der Waals surface area contributed by atoms with E-state index in [2.05, 4.69) is 36.0 Å². The molecule has 2 aliphatic heterocycles. The normalized spacial score (nSPS) is 40.0. The van der Waals surface area contributed by atoms with Crippen LogP contribution in [-0.2, 0) is 4.79 Å². The maximum atomic E-state index is 12.9. The van der Waals surface area contributed by atoms with E-state index >= 15 is 0 Å². The Hall–Kier alpha value is -0.650. The van der Waals surface area contributed by atoms with E-state index in [1.807, 2.05) is 6.92 Å². The zero-order valence-electron chi connectivity index (χ0n) is 19.9.